The predicted molar refractivity (Wildman–Crippen MR) is 66.4 cm³/mol. The van der Waals surface area contributed by atoms with Crippen molar-refractivity contribution in [3.05, 3.63) is 0 Å². The molecular formula is C12H22N2O4. The topological polar surface area (TPSA) is 87.7 Å². The Kier molecular flexibility index (Phi) is 4.95. The molecule has 0 aromatic heterocycles. The SMILES string of the molecule is CCCC(C)(NC(=O)NC1CC(OC)C1)C(=O)O. The van der Waals surface area contributed by atoms with Crippen molar-refractivity contribution in [1.29, 1.82) is 0 Å². The first-order valence-electron chi connectivity index (χ1n) is 6.26. The molecule has 3 N–H and O–H groups in total. The van der Waals surface area contributed by atoms with Gasteiger partial charge < -0.3 is 20.5 Å². The Morgan fingerprint density at radius 1 is 1.44 bits per heavy atom. The summed E-state index contributed by atoms with van der Waals surface area (Å²) in [5, 5.41) is 14.4. The highest BCUT2D eigenvalue weighted by atomic mass is 16.5. The zero-order valence-electron chi connectivity index (χ0n) is 11.2. The molecule has 0 aliphatic heterocycles. The van der Waals surface area contributed by atoms with Crippen molar-refractivity contribution in [3.8, 4) is 0 Å². The van der Waals surface area contributed by atoms with E-state index in [1.165, 1.54) is 6.92 Å². The van der Waals surface area contributed by atoms with Gasteiger partial charge in [-0.05, 0) is 26.2 Å². The van der Waals surface area contributed by atoms with Crippen molar-refractivity contribution >= 4 is 12.0 Å². The molecule has 6 heteroatoms. The minimum atomic E-state index is -1.21. The van der Waals surface area contributed by atoms with Crippen LogP contribution in [-0.2, 0) is 9.53 Å². The number of ether oxygens (including phenoxy) is 1. The summed E-state index contributed by atoms with van der Waals surface area (Å²) in [7, 11) is 1.64. The first-order chi connectivity index (χ1) is 8.41. The van der Waals surface area contributed by atoms with Crippen LogP contribution in [0.3, 0.4) is 0 Å². The van der Waals surface area contributed by atoms with E-state index in [-0.39, 0.29) is 12.1 Å². The van der Waals surface area contributed by atoms with Crippen molar-refractivity contribution in [1.82, 2.24) is 10.6 Å². The van der Waals surface area contributed by atoms with Crippen LogP contribution in [-0.4, -0.2) is 41.9 Å². The molecule has 1 fully saturated rings. The summed E-state index contributed by atoms with van der Waals surface area (Å²) >= 11 is 0. The Hall–Kier alpha value is -1.30. The molecule has 6 nitrogen and oxygen atoms in total. The third kappa shape index (κ3) is 3.60. The maximum atomic E-state index is 11.7. The number of carboxylic acids is 1. The second-order valence-electron chi connectivity index (χ2n) is 5.01. The zero-order valence-corrected chi connectivity index (χ0v) is 11.2. The highest BCUT2D eigenvalue weighted by Gasteiger charge is 2.36. The summed E-state index contributed by atoms with van der Waals surface area (Å²) in [6.07, 6.45) is 2.86. The molecule has 0 aromatic carbocycles. The monoisotopic (exact) mass is 258 g/mol. The predicted octanol–water partition coefficient (Wildman–Crippen LogP) is 1.11. The lowest BCUT2D eigenvalue weighted by Gasteiger charge is -2.35. The van der Waals surface area contributed by atoms with Crippen LogP contribution < -0.4 is 10.6 Å². The van der Waals surface area contributed by atoms with Gasteiger partial charge in [-0.25, -0.2) is 9.59 Å². The van der Waals surface area contributed by atoms with Crippen LogP contribution in [0.5, 0.6) is 0 Å². The molecule has 0 aromatic rings. The zero-order chi connectivity index (χ0) is 13.8. The Bertz CT molecular complexity index is 315. The number of urea groups is 1. The van der Waals surface area contributed by atoms with E-state index >= 15 is 0 Å². The third-order valence-electron chi connectivity index (χ3n) is 3.37. The number of hydrogen-bond donors (Lipinski definition) is 3. The molecule has 1 unspecified atom stereocenters. The van der Waals surface area contributed by atoms with Crippen LogP contribution in [0, 0.1) is 0 Å². The summed E-state index contributed by atoms with van der Waals surface area (Å²) < 4.78 is 5.11. The van der Waals surface area contributed by atoms with E-state index in [1.807, 2.05) is 6.92 Å². The Balaban J connectivity index is 2.40. The number of methoxy groups -OCH3 is 1. The number of amides is 2. The third-order valence-corrected chi connectivity index (χ3v) is 3.37. The van der Waals surface area contributed by atoms with Crippen LogP contribution in [0.25, 0.3) is 0 Å². The lowest BCUT2D eigenvalue weighted by atomic mass is 9.89. The van der Waals surface area contributed by atoms with Crippen molar-refractivity contribution in [3.63, 3.8) is 0 Å². The molecule has 0 spiro atoms. The van der Waals surface area contributed by atoms with Gasteiger partial charge in [0, 0.05) is 13.2 Å². The fourth-order valence-electron chi connectivity index (χ4n) is 2.07. The Morgan fingerprint density at radius 2 is 2.06 bits per heavy atom. The number of carbonyl (C=O) groups excluding carboxylic acids is 1. The molecule has 0 bridgehead atoms. The van der Waals surface area contributed by atoms with Gasteiger partial charge in [-0.2, -0.15) is 0 Å². The average Bonchev–Trinajstić information content (AvgIpc) is 2.22. The molecule has 1 aliphatic rings. The normalized spacial score (nSPS) is 25.7. The number of carbonyl (C=O) groups is 2. The summed E-state index contributed by atoms with van der Waals surface area (Å²) in [6.45, 7) is 3.41. The number of carboxylic acid groups (broad SMARTS) is 1. The van der Waals surface area contributed by atoms with E-state index in [4.69, 9.17) is 9.84 Å². The van der Waals surface area contributed by atoms with Gasteiger partial charge in [-0.3, -0.25) is 0 Å². The largest absolute Gasteiger partial charge is 0.480 e. The first-order valence-corrected chi connectivity index (χ1v) is 6.26. The molecule has 0 heterocycles. The summed E-state index contributed by atoms with van der Waals surface area (Å²) in [5.41, 5.74) is -1.21. The van der Waals surface area contributed by atoms with Crippen LogP contribution in [0.1, 0.15) is 39.5 Å². The van der Waals surface area contributed by atoms with Crippen molar-refractivity contribution < 1.29 is 19.4 Å². The van der Waals surface area contributed by atoms with Crippen LogP contribution >= 0.6 is 0 Å². The lowest BCUT2D eigenvalue weighted by molar-refractivity contribution is -0.144. The number of aliphatic carboxylic acids is 1. The van der Waals surface area contributed by atoms with Gasteiger partial charge in [0.25, 0.3) is 0 Å². The van der Waals surface area contributed by atoms with Gasteiger partial charge in [-0.1, -0.05) is 13.3 Å². The van der Waals surface area contributed by atoms with Crippen molar-refractivity contribution in [2.24, 2.45) is 0 Å². The van der Waals surface area contributed by atoms with E-state index in [9.17, 15) is 9.59 Å². The molecule has 1 aliphatic carbocycles. The number of rotatable bonds is 6. The van der Waals surface area contributed by atoms with Gasteiger partial charge in [0.15, 0.2) is 0 Å². The van der Waals surface area contributed by atoms with Gasteiger partial charge in [0.1, 0.15) is 5.54 Å². The minimum absolute atomic E-state index is 0.0784. The number of hydrogen-bond acceptors (Lipinski definition) is 3. The lowest BCUT2D eigenvalue weighted by Crippen LogP contribution is -2.58. The van der Waals surface area contributed by atoms with Crippen LogP contribution in [0.4, 0.5) is 4.79 Å². The van der Waals surface area contributed by atoms with Crippen LogP contribution in [0.15, 0.2) is 0 Å². The molecule has 1 saturated carbocycles. The standard InChI is InChI=1S/C12H22N2O4/c1-4-5-12(2,10(15)16)14-11(17)13-8-6-9(7-8)18-3/h8-9H,4-7H2,1-3H3,(H,15,16)(H2,13,14,17). The van der Waals surface area contributed by atoms with Gasteiger partial charge in [-0.15, -0.1) is 0 Å². The van der Waals surface area contributed by atoms with Gasteiger partial charge in [0.2, 0.25) is 0 Å². The van der Waals surface area contributed by atoms with Crippen molar-refractivity contribution in [2.45, 2.75) is 57.2 Å². The molecule has 104 valence electrons. The molecule has 0 saturated heterocycles. The number of nitrogens with one attached hydrogen (secondary N) is 2. The van der Waals surface area contributed by atoms with E-state index < -0.39 is 17.5 Å². The molecular weight excluding hydrogens is 236 g/mol. The van der Waals surface area contributed by atoms with Crippen LogP contribution in [0.2, 0.25) is 0 Å². The molecule has 1 rings (SSSR count). The second kappa shape index (κ2) is 6.04. The van der Waals surface area contributed by atoms with E-state index in [0.717, 1.165) is 12.8 Å². The Morgan fingerprint density at radius 3 is 2.50 bits per heavy atom. The van der Waals surface area contributed by atoms with Gasteiger partial charge >= 0.3 is 12.0 Å². The highest BCUT2D eigenvalue weighted by molar-refractivity contribution is 5.85. The molecule has 1 atom stereocenters. The maximum Gasteiger partial charge on any atom is 0.329 e. The summed E-state index contributed by atoms with van der Waals surface area (Å²) in [4.78, 5) is 22.9. The molecule has 0 radical (unpaired) electrons. The minimum Gasteiger partial charge on any atom is -0.480 e. The van der Waals surface area contributed by atoms with Gasteiger partial charge in [0.05, 0.1) is 6.10 Å². The maximum absolute atomic E-state index is 11.7. The van der Waals surface area contributed by atoms with Crippen molar-refractivity contribution in [2.75, 3.05) is 7.11 Å². The summed E-state index contributed by atoms with van der Waals surface area (Å²) in [5.74, 6) is -1.01. The Labute approximate surface area is 107 Å². The second-order valence-corrected chi connectivity index (χ2v) is 5.01. The fraction of sp³-hybridized carbons (Fsp3) is 0.833. The molecule has 2 amide bonds. The fourth-order valence-corrected chi connectivity index (χ4v) is 2.07. The van der Waals surface area contributed by atoms with E-state index in [1.54, 1.807) is 7.11 Å². The quantitative estimate of drug-likeness (QED) is 0.666. The summed E-state index contributed by atoms with van der Waals surface area (Å²) in [6, 6.07) is -0.345. The molecule has 18 heavy (non-hydrogen) atoms. The average molecular weight is 258 g/mol. The van der Waals surface area contributed by atoms with E-state index in [2.05, 4.69) is 10.6 Å². The smallest absolute Gasteiger partial charge is 0.329 e. The highest BCUT2D eigenvalue weighted by Crippen LogP contribution is 2.22. The first kappa shape index (κ1) is 14.8. The van der Waals surface area contributed by atoms with E-state index in [0.29, 0.717) is 12.8 Å².